The molecule has 0 aromatic carbocycles. The lowest BCUT2D eigenvalue weighted by Crippen LogP contribution is -2.20. The van der Waals surface area contributed by atoms with E-state index in [0.29, 0.717) is 48.2 Å². The second-order valence-electron chi connectivity index (χ2n) is 8.83. The lowest BCUT2D eigenvalue weighted by atomic mass is 9.99. The van der Waals surface area contributed by atoms with Crippen molar-refractivity contribution < 1.29 is 27.3 Å². The maximum atomic E-state index is 13.2. The average molecular weight is 504 g/mol. The maximum Gasteiger partial charge on any atom is 0.394 e. The zero-order valence-electron chi connectivity index (χ0n) is 18.0. The Labute approximate surface area is 193 Å². The number of carbonyl (C=O) groups is 1. The van der Waals surface area contributed by atoms with Crippen LogP contribution in [0.1, 0.15) is 66.6 Å². The highest BCUT2D eigenvalue weighted by molar-refractivity contribution is 7.93. The third-order valence-corrected chi connectivity index (χ3v) is 8.63. The number of alkyl halides is 3. The molecule has 13 heteroatoms. The van der Waals surface area contributed by atoms with E-state index in [-0.39, 0.29) is 20.8 Å². The molecule has 1 saturated carbocycles. The number of urea groups is 1. The number of amides is 2. The molecular formula is C20H24F3N5O3S2. The van der Waals surface area contributed by atoms with Gasteiger partial charge >= 0.3 is 12.2 Å². The van der Waals surface area contributed by atoms with Crippen LogP contribution in [0.15, 0.2) is 14.8 Å². The molecule has 2 aromatic heterocycles. The van der Waals surface area contributed by atoms with Crippen LogP contribution in [-0.4, -0.2) is 31.5 Å². The molecular weight excluding hydrogens is 479 g/mol. The summed E-state index contributed by atoms with van der Waals surface area (Å²) >= 11 is 0.872. The van der Waals surface area contributed by atoms with Gasteiger partial charge < -0.3 is 10.4 Å². The Morgan fingerprint density at radius 2 is 2.06 bits per heavy atom. The van der Waals surface area contributed by atoms with Crippen molar-refractivity contribution in [3.63, 3.8) is 0 Å². The second-order valence-corrected chi connectivity index (χ2v) is 11.9. The summed E-state index contributed by atoms with van der Waals surface area (Å²) in [7, 11) is -3.68. The number of hydrogen-bond donors (Lipinski definition) is 3. The van der Waals surface area contributed by atoms with Crippen LogP contribution in [0.4, 0.5) is 23.7 Å². The van der Waals surface area contributed by atoms with Gasteiger partial charge in [0.15, 0.2) is 9.92 Å². The first-order valence-electron chi connectivity index (χ1n) is 10.4. The van der Waals surface area contributed by atoms with Crippen molar-refractivity contribution in [2.24, 2.45) is 9.50 Å². The molecule has 1 fully saturated rings. The molecule has 8 nitrogen and oxygen atoms in total. The van der Waals surface area contributed by atoms with Crippen LogP contribution in [-0.2, 0) is 34.8 Å². The number of nitrogens with zero attached hydrogens (tertiary/aromatic N) is 3. The highest BCUT2D eigenvalue weighted by Crippen LogP contribution is 2.48. The van der Waals surface area contributed by atoms with Gasteiger partial charge in [-0.25, -0.2) is 19.1 Å². The summed E-state index contributed by atoms with van der Waals surface area (Å²) in [6, 6.07) is -1.01. The average Bonchev–Trinajstić information content (AvgIpc) is 3.14. The highest BCUT2D eigenvalue weighted by Gasteiger charge is 2.38. The number of rotatable bonds is 5. The van der Waals surface area contributed by atoms with Gasteiger partial charge in [0.2, 0.25) is 0 Å². The summed E-state index contributed by atoms with van der Waals surface area (Å²) in [4.78, 5) is 21.0. The van der Waals surface area contributed by atoms with Crippen LogP contribution in [0, 0.1) is 0 Å². The predicted octanol–water partition coefficient (Wildman–Crippen LogP) is 4.17. The smallest absolute Gasteiger partial charge is 0.383 e. The normalized spacial score (nSPS) is 18.0. The van der Waals surface area contributed by atoms with Crippen LogP contribution < -0.4 is 10.5 Å². The van der Waals surface area contributed by atoms with Crippen molar-refractivity contribution in [2.75, 3.05) is 5.32 Å². The molecule has 4 rings (SSSR count). The number of nitrogens with one attached hydrogen (secondary N) is 1. The van der Waals surface area contributed by atoms with E-state index < -0.39 is 34.1 Å². The number of aromatic nitrogens is 2. The number of aliphatic hydroxyl groups is 1. The number of hydrogen-bond acceptors (Lipinski definition) is 6. The SMILES string of the molecule is CC(C)(O)c1ncc([S@](N)(=O)=NC(=O)Nc2c3c(nc(CC(F)(F)F)c2C2CC2)CCC3)s1. The molecule has 0 saturated heterocycles. The topological polar surface area (TPSA) is 131 Å². The van der Waals surface area contributed by atoms with E-state index in [9.17, 15) is 27.3 Å². The third-order valence-electron chi connectivity index (χ3n) is 5.44. The lowest BCUT2D eigenvalue weighted by molar-refractivity contribution is -0.128. The van der Waals surface area contributed by atoms with Gasteiger partial charge in [-0.05, 0) is 57.4 Å². The van der Waals surface area contributed by atoms with E-state index in [4.69, 9.17) is 5.14 Å². The number of pyridine rings is 1. The van der Waals surface area contributed by atoms with Crippen molar-refractivity contribution in [3.8, 4) is 0 Å². The standard InChI is InChI=1S/C20H24F3N5O3S2/c1-19(2,30)17-25-9-14(32-17)33(24,31)28-18(29)27-16-11-4-3-5-12(11)26-13(8-20(21,22)23)15(16)10-6-7-10/h9-10,30H,3-8H2,1-2H3,(H3,24,26,27,28,29,31)/t33-/m1/s1. The van der Waals surface area contributed by atoms with E-state index >= 15 is 0 Å². The molecule has 0 unspecified atom stereocenters. The van der Waals surface area contributed by atoms with Gasteiger partial charge in [0.1, 0.15) is 14.8 Å². The fraction of sp³-hybridized carbons (Fsp3) is 0.550. The monoisotopic (exact) mass is 503 g/mol. The predicted molar refractivity (Wildman–Crippen MR) is 117 cm³/mol. The van der Waals surface area contributed by atoms with Crippen molar-refractivity contribution in [2.45, 2.75) is 74.3 Å². The maximum absolute atomic E-state index is 13.2. The second kappa shape index (κ2) is 8.29. The van der Waals surface area contributed by atoms with Gasteiger partial charge in [-0.1, -0.05) is 0 Å². The summed E-state index contributed by atoms with van der Waals surface area (Å²) < 4.78 is 56.2. The molecule has 0 radical (unpaired) electrons. The molecule has 2 aromatic rings. The van der Waals surface area contributed by atoms with E-state index in [2.05, 4.69) is 19.6 Å². The molecule has 2 aliphatic rings. The number of thiazole rings is 1. The first-order chi connectivity index (χ1) is 15.2. The van der Waals surface area contributed by atoms with Crippen molar-refractivity contribution in [1.29, 1.82) is 0 Å². The molecule has 2 amide bonds. The van der Waals surface area contributed by atoms with Crippen LogP contribution in [0.5, 0.6) is 0 Å². The van der Waals surface area contributed by atoms with Crippen LogP contribution in [0.25, 0.3) is 0 Å². The summed E-state index contributed by atoms with van der Waals surface area (Å²) in [5.41, 5.74) is 0.571. The minimum absolute atomic E-state index is 0.00918. The largest absolute Gasteiger partial charge is 0.394 e. The molecule has 2 aliphatic carbocycles. The molecule has 2 heterocycles. The number of halogens is 3. The lowest BCUT2D eigenvalue weighted by Gasteiger charge is -2.19. The van der Waals surface area contributed by atoms with E-state index in [1.54, 1.807) is 0 Å². The summed E-state index contributed by atoms with van der Waals surface area (Å²) in [6.45, 7) is 3.00. The summed E-state index contributed by atoms with van der Waals surface area (Å²) in [5.74, 6) is -0.117. The molecule has 0 spiro atoms. The van der Waals surface area contributed by atoms with Gasteiger partial charge in [-0.15, -0.1) is 15.7 Å². The number of anilines is 1. The zero-order chi connectivity index (χ0) is 24.2. The van der Waals surface area contributed by atoms with E-state index in [1.807, 2.05) is 0 Å². The van der Waals surface area contributed by atoms with Gasteiger partial charge in [0.05, 0.1) is 24.0 Å². The fourth-order valence-electron chi connectivity index (χ4n) is 3.90. The minimum Gasteiger partial charge on any atom is -0.383 e. The Balaban J connectivity index is 1.71. The summed E-state index contributed by atoms with van der Waals surface area (Å²) in [5, 5.41) is 18.7. The Morgan fingerprint density at radius 1 is 1.36 bits per heavy atom. The Bertz CT molecular complexity index is 1220. The first kappa shape index (κ1) is 24.0. The van der Waals surface area contributed by atoms with Crippen LogP contribution in [0.3, 0.4) is 0 Å². The Hall–Kier alpha value is -2.09. The molecule has 0 aliphatic heterocycles. The van der Waals surface area contributed by atoms with E-state index in [1.165, 1.54) is 20.0 Å². The van der Waals surface area contributed by atoms with Crippen LogP contribution >= 0.6 is 11.3 Å². The number of fused-ring (bicyclic) bond motifs is 1. The van der Waals surface area contributed by atoms with Crippen molar-refractivity contribution in [1.82, 2.24) is 9.97 Å². The van der Waals surface area contributed by atoms with Gasteiger partial charge in [-0.2, -0.15) is 13.2 Å². The number of nitrogens with two attached hydrogens (primary N) is 1. The van der Waals surface area contributed by atoms with E-state index in [0.717, 1.165) is 17.8 Å². The molecule has 1 atom stereocenters. The number of aryl methyl sites for hydroxylation is 1. The molecule has 180 valence electrons. The molecule has 0 bridgehead atoms. The Kier molecular flexibility index (Phi) is 6.04. The van der Waals surface area contributed by atoms with Crippen LogP contribution in [0.2, 0.25) is 0 Å². The zero-order valence-corrected chi connectivity index (χ0v) is 19.7. The van der Waals surface area contributed by atoms with Crippen molar-refractivity contribution in [3.05, 3.63) is 33.7 Å². The van der Waals surface area contributed by atoms with Gasteiger partial charge in [0, 0.05) is 11.3 Å². The van der Waals surface area contributed by atoms with Gasteiger partial charge in [-0.3, -0.25) is 4.98 Å². The molecule has 33 heavy (non-hydrogen) atoms. The molecule has 4 N–H and O–H groups in total. The van der Waals surface area contributed by atoms with Gasteiger partial charge in [0.25, 0.3) is 0 Å². The first-order valence-corrected chi connectivity index (χ1v) is 12.8. The quantitative estimate of drug-likeness (QED) is 0.564. The third kappa shape index (κ3) is 5.36. The fourth-order valence-corrected chi connectivity index (χ4v) is 5.97. The Morgan fingerprint density at radius 3 is 2.64 bits per heavy atom. The minimum atomic E-state index is -4.44. The number of carbonyl (C=O) groups excluding carboxylic acids is 1. The highest BCUT2D eigenvalue weighted by atomic mass is 32.2. The summed E-state index contributed by atoms with van der Waals surface area (Å²) in [6.07, 6.45) is -1.19. The van der Waals surface area contributed by atoms with Crippen molar-refractivity contribution >= 4 is 33.0 Å².